The maximum absolute atomic E-state index is 13.3. The van der Waals surface area contributed by atoms with Gasteiger partial charge in [-0.15, -0.1) is 0 Å². The number of sulfonamides is 1. The smallest absolute Gasteiger partial charge is 0.263 e. The minimum Gasteiger partial charge on any atom is -0.491 e. The first-order valence-electron chi connectivity index (χ1n) is 15.7. The fourth-order valence-corrected chi connectivity index (χ4v) is 6.38. The average molecular weight is 706 g/mol. The number of aromatic nitrogens is 4. The molecule has 5 aromatic rings. The van der Waals surface area contributed by atoms with Crippen LogP contribution in [0, 0.1) is 6.92 Å². The van der Waals surface area contributed by atoms with E-state index in [-0.39, 0.29) is 16.5 Å². The highest BCUT2D eigenvalue weighted by atomic mass is 32.2. The molecule has 0 aliphatic rings. The molecule has 0 atom stereocenters. The third kappa shape index (κ3) is 9.52. The van der Waals surface area contributed by atoms with Crippen molar-refractivity contribution in [2.75, 3.05) is 36.4 Å². The van der Waals surface area contributed by atoms with Gasteiger partial charge in [0, 0.05) is 17.9 Å². The molecule has 0 saturated heterocycles. The van der Waals surface area contributed by atoms with Crippen molar-refractivity contribution in [2.24, 2.45) is 5.11 Å². The maximum atomic E-state index is 13.3. The largest absolute Gasteiger partial charge is 0.491 e. The summed E-state index contributed by atoms with van der Waals surface area (Å²) in [6.07, 6.45) is 1.22. The molecular weight excluding hydrogens is 667 g/mol. The Bertz CT molecular complexity index is 2060. The van der Waals surface area contributed by atoms with Gasteiger partial charge in [-0.05, 0) is 83.0 Å². The summed E-state index contributed by atoms with van der Waals surface area (Å²) in [7, 11) is -3.96. The number of rotatable bonds is 17. The summed E-state index contributed by atoms with van der Waals surface area (Å²) >= 11 is 1.04. The van der Waals surface area contributed by atoms with Gasteiger partial charge in [0.15, 0.2) is 11.6 Å². The molecule has 16 heteroatoms. The highest BCUT2D eigenvalue weighted by molar-refractivity contribution is 7.92. The van der Waals surface area contributed by atoms with Gasteiger partial charge < -0.3 is 19.5 Å². The molecule has 0 unspecified atom stereocenters. The van der Waals surface area contributed by atoms with Gasteiger partial charge in [-0.1, -0.05) is 34.9 Å². The van der Waals surface area contributed by atoms with Gasteiger partial charge in [0.25, 0.3) is 10.0 Å². The molecule has 0 amide bonds. The molecule has 5 rings (SSSR count). The Morgan fingerprint density at radius 1 is 0.837 bits per heavy atom. The number of anilines is 3. The SMILES string of the molecule is Cc1ccc(S(=O)(=O)Nc2nc3ccccc3nc2Nc2ccc(OCCC(C)(C)OCCOC(C)(C)CCN=[N+]=[N-])c3nsnc23)cc1. The van der Waals surface area contributed by atoms with Crippen molar-refractivity contribution < 1.29 is 22.6 Å². The Balaban J connectivity index is 1.26. The second-order valence-electron chi connectivity index (χ2n) is 12.5. The van der Waals surface area contributed by atoms with E-state index in [0.29, 0.717) is 72.7 Å². The van der Waals surface area contributed by atoms with E-state index < -0.39 is 21.2 Å². The molecule has 0 spiro atoms. The number of para-hydroxylation sites is 2. The van der Waals surface area contributed by atoms with Crippen molar-refractivity contribution in [3.63, 3.8) is 0 Å². The normalized spacial score (nSPS) is 12.2. The van der Waals surface area contributed by atoms with Crippen LogP contribution in [0.25, 0.3) is 32.5 Å². The van der Waals surface area contributed by atoms with Gasteiger partial charge in [-0.3, -0.25) is 4.72 Å². The standard InChI is InChI=1S/C33H39N9O5S2/c1-22-10-12-23(13-11-22)49(43,44)41-31-30(36-24-8-6-7-9-25(24)37-31)38-26-14-15-27(29-28(26)39-48-40-29)45-19-17-33(4,5)47-21-20-46-32(2,3)16-18-35-42-34/h6-15H,16-21H2,1-5H3,(H,36,38)(H,37,41). The van der Waals surface area contributed by atoms with Crippen LogP contribution in [0.1, 0.15) is 46.1 Å². The number of nitrogens with one attached hydrogen (secondary N) is 2. The Hall–Kier alpha value is -4.60. The lowest BCUT2D eigenvalue weighted by Gasteiger charge is -2.28. The molecule has 0 bridgehead atoms. The number of nitrogens with zero attached hydrogens (tertiary/aromatic N) is 7. The molecule has 0 aliphatic carbocycles. The minimum atomic E-state index is -3.96. The summed E-state index contributed by atoms with van der Waals surface area (Å²) in [6.45, 7) is 11.3. The Labute approximate surface area is 289 Å². The van der Waals surface area contributed by atoms with Gasteiger partial charge in [-0.25, -0.2) is 18.4 Å². The number of aryl methyl sites for hydroxylation is 1. The van der Waals surface area contributed by atoms with Crippen LogP contribution in [0.3, 0.4) is 0 Å². The van der Waals surface area contributed by atoms with Crippen molar-refractivity contribution >= 4 is 61.1 Å². The Morgan fingerprint density at radius 3 is 2.14 bits per heavy atom. The molecule has 0 fully saturated rings. The summed E-state index contributed by atoms with van der Waals surface area (Å²) in [5, 5.41) is 6.81. The zero-order valence-corrected chi connectivity index (χ0v) is 29.6. The van der Waals surface area contributed by atoms with E-state index in [0.717, 1.165) is 17.3 Å². The third-order valence-electron chi connectivity index (χ3n) is 7.67. The summed E-state index contributed by atoms with van der Waals surface area (Å²) in [5.41, 5.74) is 11.3. The van der Waals surface area contributed by atoms with E-state index >= 15 is 0 Å². The lowest BCUT2D eigenvalue weighted by Crippen LogP contribution is -2.31. The summed E-state index contributed by atoms with van der Waals surface area (Å²) < 4.78 is 56.3. The summed E-state index contributed by atoms with van der Waals surface area (Å²) in [4.78, 5) is 12.2. The first kappa shape index (κ1) is 35.7. The fraction of sp³-hybridized carbons (Fsp3) is 0.394. The lowest BCUT2D eigenvalue weighted by atomic mass is 10.1. The van der Waals surface area contributed by atoms with E-state index in [1.807, 2.05) is 46.8 Å². The van der Waals surface area contributed by atoms with E-state index in [4.69, 9.17) is 24.7 Å². The van der Waals surface area contributed by atoms with E-state index in [9.17, 15) is 8.42 Å². The second kappa shape index (κ2) is 15.3. The predicted molar refractivity (Wildman–Crippen MR) is 191 cm³/mol. The molecule has 2 heterocycles. The number of hydrogen-bond acceptors (Lipinski definition) is 12. The maximum Gasteiger partial charge on any atom is 0.263 e. The number of ether oxygens (including phenoxy) is 3. The van der Waals surface area contributed by atoms with Crippen molar-refractivity contribution in [2.45, 2.75) is 63.6 Å². The third-order valence-corrected chi connectivity index (χ3v) is 9.56. The first-order chi connectivity index (χ1) is 23.4. The van der Waals surface area contributed by atoms with Crippen LogP contribution >= 0.6 is 11.7 Å². The van der Waals surface area contributed by atoms with Crippen molar-refractivity contribution in [1.29, 1.82) is 0 Å². The zero-order valence-electron chi connectivity index (χ0n) is 28.0. The molecule has 0 aliphatic heterocycles. The van der Waals surface area contributed by atoms with Crippen LogP contribution in [-0.2, 0) is 19.5 Å². The quantitative estimate of drug-likeness (QED) is 0.0423. The van der Waals surface area contributed by atoms with E-state index in [1.165, 1.54) is 0 Å². The van der Waals surface area contributed by atoms with Crippen molar-refractivity contribution in [3.05, 3.63) is 76.7 Å². The average Bonchev–Trinajstić information content (AvgIpc) is 3.55. The number of hydrogen-bond donors (Lipinski definition) is 2. The van der Waals surface area contributed by atoms with Crippen LogP contribution < -0.4 is 14.8 Å². The number of fused-ring (bicyclic) bond motifs is 2. The highest BCUT2D eigenvalue weighted by Crippen LogP contribution is 2.34. The van der Waals surface area contributed by atoms with Crippen LogP contribution in [0.15, 0.2) is 70.7 Å². The molecule has 2 aromatic heterocycles. The molecule has 14 nitrogen and oxygen atoms in total. The highest BCUT2D eigenvalue weighted by Gasteiger charge is 2.23. The topological polar surface area (TPSA) is 186 Å². The fourth-order valence-electron chi connectivity index (χ4n) is 4.80. The molecular formula is C33H39N9O5S2. The molecule has 0 saturated carbocycles. The predicted octanol–water partition coefficient (Wildman–Crippen LogP) is 7.55. The Kier molecular flexibility index (Phi) is 11.2. The minimum absolute atomic E-state index is 0.0419. The first-order valence-corrected chi connectivity index (χ1v) is 17.9. The van der Waals surface area contributed by atoms with E-state index in [1.54, 1.807) is 48.5 Å². The van der Waals surface area contributed by atoms with Gasteiger partial charge in [0.2, 0.25) is 0 Å². The molecule has 2 N–H and O–H groups in total. The van der Waals surface area contributed by atoms with Gasteiger partial charge in [0.05, 0.1) is 64.4 Å². The molecule has 0 radical (unpaired) electrons. The molecule has 258 valence electrons. The van der Waals surface area contributed by atoms with Gasteiger partial charge in [0.1, 0.15) is 16.8 Å². The van der Waals surface area contributed by atoms with Crippen LogP contribution in [0.4, 0.5) is 17.3 Å². The van der Waals surface area contributed by atoms with Crippen LogP contribution in [-0.4, -0.2) is 64.7 Å². The number of azide groups is 1. The summed E-state index contributed by atoms with van der Waals surface area (Å²) in [6, 6.07) is 17.4. The summed E-state index contributed by atoms with van der Waals surface area (Å²) in [5.74, 6) is 0.805. The van der Waals surface area contributed by atoms with Crippen molar-refractivity contribution in [1.82, 2.24) is 18.7 Å². The molecule has 49 heavy (non-hydrogen) atoms. The van der Waals surface area contributed by atoms with Gasteiger partial charge in [-0.2, -0.15) is 8.75 Å². The van der Waals surface area contributed by atoms with Crippen LogP contribution in [0.5, 0.6) is 5.75 Å². The lowest BCUT2D eigenvalue weighted by molar-refractivity contribution is -0.0902. The Morgan fingerprint density at radius 2 is 1.47 bits per heavy atom. The van der Waals surface area contributed by atoms with Crippen LogP contribution in [0.2, 0.25) is 0 Å². The van der Waals surface area contributed by atoms with Crippen molar-refractivity contribution in [3.8, 4) is 5.75 Å². The van der Waals surface area contributed by atoms with E-state index in [2.05, 4.69) is 33.8 Å². The second-order valence-corrected chi connectivity index (χ2v) is 14.8. The molecule has 3 aromatic carbocycles. The number of benzene rings is 3. The zero-order chi connectivity index (χ0) is 35.1. The monoisotopic (exact) mass is 705 g/mol. The van der Waals surface area contributed by atoms with Gasteiger partial charge >= 0.3 is 0 Å².